The minimum Gasteiger partial charge on any atom is -0.0312 e. The van der Waals surface area contributed by atoms with Gasteiger partial charge in [-0.1, -0.05) is 147 Å². The number of carbonyl (C=O) groups is 2. The average Bonchev–Trinajstić information content (AvgIpc) is 3.89. The Morgan fingerprint density at radius 2 is 0.767 bits per heavy atom. The van der Waals surface area contributed by atoms with E-state index < -0.39 is 23.7 Å². The molecule has 5 aromatic rings. The summed E-state index contributed by atoms with van der Waals surface area (Å²) in [4.78, 5) is 25.3. The number of carbonyl (C=O) groups excluding carboxylic acids is 2. The average molecular weight is 987 g/mol. The van der Waals surface area contributed by atoms with Gasteiger partial charge in [0.05, 0.1) is 11.1 Å². The van der Waals surface area contributed by atoms with E-state index in [4.69, 9.17) is 0 Å². The molecule has 1 heterocycles. The molecule has 3 nitrogen and oxygen atoms in total. The molecule has 0 saturated heterocycles. The van der Waals surface area contributed by atoms with Crippen LogP contribution in [0.1, 0.15) is 47.4 Å². The van der Waals surface area contributed by atoms with Crippen LogP contribution in [-0.4, -0.2) is 46.6 Å². The van der Waals surface area contributed by atoms with Gasteiger partial charge in [-0.3, -0.25) is 14.5 Å². The molecule has 5 aromatic carbocycles. The van der Waals surface area contributed by atoms with Crippen LogP contribution >= 0.6 is 35.4 Å². The molecule has 2 atom stereocenters. The zero-order chi connectivity index (χ0) is 43.0. The van der Waals surface area contributed by atoms with Crippen molar-refractivity contribution in [3.63, 3.8) is 0 Å². The third-order valence-electron chi connectivity index (χ3n) is 9.06. The monoisotopic (exact) mass is 987 g/mol. The van der Waals surface area contributed by atoms with Gasteiger partial charge < -0.3 is 0 Å². The van der Waals surface area contributed by atoms with Gasteiger partial charge in [0.2, 0.25) is 0 Å². The predicted molar refractivity (Wildman–Crippen MR) is 242 cm³/mol. The molecule has 2 amide bonds. The van der Waals surface area contributed by atoms with E-state index in [9.17, 15) is 34.8 Å². The molecular weight excluding hydrogens is 939 g/mol. The summed E-state index contributed by atoms with van der Waals surface area (Å²) >= 11 is 1.78. The van der Waals surface area contributed by atoms with Crippen LogP contribution in [0.15, 0.2) is 146 Å². The second-order valence-electron chi connectivity index (χ2n) is 13.5. The van der Waals surface area contributed by atoms with Crippen LogP contribution < -0.4 is 21.2 Å². The van der Waals surface area contributed by atoms with Gasteiger partial charge in [-0.15, -0.1) is 0 Å². The van der Waals surface area contributed by atoms with Crippen molar-refractivity contribution in [2.45, 2.75) is 38.0 Å². The molecule has 1 saturated carbocycles. The number of hydrogen-bond acceptors (Lipinski definition) is 3. The van der Waals surface area contributed by atoms with E-state index in [0.29, 0.717) is 29.0 Å². The SMILES string of the molecule is CSCCCCN1C(=O)c2ccccc2C1=O.C[C@H]([C@@H](C)P(c1ccccc1)c1ccccc1)P(c1ccccc1)c1ccccc1.F[P-](F)(F)(F)(F)F.[CH]1[CH][CH][CH][CH]1.[Ru+2]. The summed E-state index contributed by atoms with van der Waals surface area (Å²) in [5.74, 6) is 0.785. The van der Waals surface area contributed by atoms with Crippen LogP contribution in [0.3, 0.4) is 0 Å². The maximum atomic E-state index is 12.0. The Labute approximate surface area is 371 Å². The first-order valence-corrected chi connectivity index (χ1v) is 25.2. The number of unbranched alkanes of at least 4 members (excludes halogenated alkanes) is 1. The fourth-order valence-corrected chi connectivity index (χ4v) is 12.9. The van der Waals surface area contributed by atoms with Gasteiger partial charge in [0.15, 0.2) is 0 Å². The predicted octanol–water partition coefficient (Wildman–Crippen LogP) is 12.9. The van der Waals surface area contributed by atoms with E-state index in [1.165, 1.54) is 26.1 Å². The molecule has 0 unspecified atom stereocenters. The molecule has 0 N–H and O–H groups in total. The van der Waals surface area contributed by atoms with Gasteiger partial charge in [-0.25, -0.2) is 0 Å². The number of thioether (sulfide) groups is 1. The summed E-state index contributed by atoms with van der Waals surface area (Å²) in [6, 6.07) is 51.5. The smallest absolute Gasteiger partial charge is 0.0312 e. The molecule has 0 spiro atoms. The summed E-state index contributed by atoms with van der Waals surface area (Å²) in [6.07, 6.45) is 14.0. The molecule has 60 heavy (non-hydrogen) atoms. The Kier molecular flexibility index (Phi) is 20.2. The molecule has 14 heteroatoms. The van der Waals surface area contributed by atoms with E-state index in [1.54, 1.807) is 36.0 Å². The Morgan fingerprint density at radius 3 is 1.03 bits per heavy atom. The van der Waals surface area contributed by atoms with E-state index in [-0.39, 0.29) is 31.3 Å². The van der Waals surface area contributed by atoms with Crippen molar-refractivity contribution in [2.75, 3.05) is 18.6 Å². The minimum absolute atomic E-state index is 0. The Hall–Kier alpha value is -2.92. The van der Waals surface area contributed by atoms with Gasteiger partial charge >= 0.3 is 52.5 Å². The second-order valence-corrected chi connectivity index (χ2v) is 21.6. The van der Waals surface area contributed by atoms with Crippen LogP contribution in [0, 0.1) is 32.1 Å². The summed E-state index contributed by atoms with van der Waals surface area (Å²) in [5.41, 5.74) is 2.19. The largest absolute Gasteiger partial charge is 2.00 e. The van der Waals surface area contributed by atoms with E-state index >= 15 is 0 Å². The number of rotatable bonds is 12. The van der Waals surface area contributed by atoms with Gasteiger partial charge in [-0.2, -0.15) is 11.8 Å². The quantitative estimate of drug-likeness (QED) is 0.0411. The first-order chi connectivity index (χ1) is 28.0. The van der Waals surface area contributed by atoms with Crippen molar-refractivity contribution in [1.29, 1.82) is 0 Å². The normalized spacial score (nSPS) is 15.4. The topological polar surface area (TPSA) is 37.4 Å². The summed E-state index contributed by atoms with van der Waals surface area (Å²) < 4.78 is 59.2. The summed E-state index contributed by atoms with van der Waals surface area (Å²) in [7, 11) is -11.6. The van der Waals surface area contributed by atoms with Crippen molar-refractivity contribution in [2.24, 2.45) is 0 Å². The van der Waals surface area contributed by atoms with Crippen molar-refractivity contribution in [1.82, 2.24) is 4.90 Å². The first-order valence-electron chi connectivity index (χ1n) is 18.9. The minimum atomic E-state index is -10.7. The van der Waals surface area contributed by atoms with E-state index in [0.717, 1.165) is 18.6 Å². The molecule has 1 fully saturated rings. The Morgan fingerprint density at radius 1 is 0.500 bits per heavy atom. The van der Waals surface area contributed by atoms with Crippen LogP contribution in [-0.2, 0) is 19.5 Å². The number of amides is 2. The van der Waals surface area contributed by atoms with Crippen molar-refractivity contribution < 1.29 is 54.2 Å². The number of nitrogens with zero attached hydrogens (tertiary/aromatic N) is 1. The molecule has 7 rings (SSSR count). The van der Waals surface area contributed by atoms with Gasteiger partial charge in [0.1, 0.15) is 0 Å². The molecule has 0 aromatic heterocycles. The van der Waals surface area contributed by atoms with Crippen LogP contribution in [0.4, 0.5) is 25.2 Å². The van der Waals surface area contributed by atoms with E-state index in [2.05, 4.69) is 141 Å². The molecule has 1 aliphatic heterocycles. The number of halogens is 6. The molecule has 0 bridgehead atoms. The van der Waals surface area contributed by atoms with Crippen molar-refractivity contribution >= 4 is 68.4 Å². The Balaban J connectivity index is 0.000000267. The summed E-state index contributed by atoms with van der Waals surface area (Å²) in [5, 5.41) is 5.87. The van der Waals surface area contributed by atoms with Crippen LogP contribution in [0.2, 0.25) is 0 Å². The van der Waals surface area contributed by atoms with Crippen LogP contribution in [0.5, 0.6) is 0 Å². The van der Waals surface area contributed by atoms with E-state index in [1.807, 2.05) is 32.1 Å². The molecule has 5 radical (unpaired) electrons. The molecule has 2 aliphatic rings. The standard InChI is InChI=1S/C28H28P2.C13H15NO2S.C5H5.F6P.Ru/c1-23(29(25-15-7-3-8-16-25)26-17-9-4-10-18-26)24(2)30(27-19-11-5-12-20-27)28-21-13-6-14-22-28;1-17-9-5-4-8-14-12(15)10-6-2-3-7-11(10)13(14)16;1-2-4-5-3-1;1-7(2,3,4,5)6;/h3-24H,1-2H3;2-3,6-7H,4-5,8-9H2,1H3;1-5H;;/q;;;-1;+2/t23-,24-;;;;/m1..../s1. The fourth-order valence-electron chi connectivity index (χ4n) is 6.30. The maximum Gasteiger partial charge on any atom is 2.00 e. The van der Waals surface area contributed by atoms with Gasteiger partial charge in [0, 0.05) is 6.54 Å². The fraction of sp³-hybridized carbons (Fsp3) is 0.196. The van der Waals surface area contributed by atoms with Crippen molar-refractivity contribution in [3.8, 4) is 0 Å². The number of fused-ring (bicyclic) bond motifs is 1. The third kappa shape index (κ3) is 17.8. The molecule has 319 valence electrons. The Bertz CT molecular complexity index is 1820. The zero-order valence-electron chi connectivity index (χ0n) is 33.4. The molecular formula is C46H48F6NO2P3RuS+. The third-order valence-corrected chi connectivity index (χ3v) is 15.9. The summed E-state index contributed by atoms with van der Waals surface area (Å²) in [6.45, 7) is 5.47. The van der Waals surface area contributed by atoms with Crippen molar-refractivity contribution in [3.05, 3.63) is 189 Å². The number of imide groups is 1. The molecule has 1 aliphatic carbocycles. The van der Waals surface area contributed by atoms with Gasteiger partial charge in [-0.05, 0) is 117 Å². The number of hydrogen-bond donors (Lipinski definition) is 0. The first kappa shape index (κ1) is 51.4. The second kappa shape index (κ2) is 23.5. The number of benzene rings is 5. The maximum absolute atomic E-state index is 12.0. The van der Waals surface area contributed by atoms with Gasteiger partial charge in [0.25, 0.3) is 11.8 Å². The zero-order valence-corrected chi connectivity index (χ0v) is 38.6. The van der Waals surface area contributed by atoms with Crippen LogP contribution in [0.25, 0.3) is 0 Å².